The van der Waals surface area contributed by atoms with Gasteiger partial charge in [0.2, 0.25) is 0 Å². The number of nitrogens with zero attached hydrogens (tertiary/aromatic N) is 4. The smallest absolute Gasteiger partial charge is 0.259 e. The number of aromatic nitrogens is 2. The second kappa shape index (κ2) is 8.13. The molecule has 3 aromatic rings. The quantitative estimate of drug-likeness (QED) is 0.605. The Hall–Kier alpha value is -2.22. The van der Waals surface area contributed by atoms with E-state index in [-0.39, 0.29) is 5.91 Å². The fraction of sp³-hybridized carbons (Fsp3) is 0.409. The number of carbonyl (C=O) groups is 1. The molecule has 0 bridgehead atoms. The minimum absolute atomic E-state index is 0.0449. The fourth-order valence-electron chi connectivity index (χ4n) is 4.23. The number of piperazine rings is 1. The van der Waals surface area contributed by atoms with Crippen LogP contribution in [0, 0.1) is 6.92 Å². The molecule has 1 fully saturated rings. The highest BCUT2D eigenvalue weighted by atomic mass is 35.5. The van der Waals surface area contributed by atoms with E-state index in [1.165, 1.54) is 28.4 Å². The molecule has 0 radical (unpaired) electrons. The molecular formula is C22H23ClN4O2S. The van der Waals surface area contributed by atoms with Crippen LogP contribution < -0.4 is 0 Å². The number of hydrogen-bond donors (Lipinski definition) is 0. The van der Waals surface area contributed by atoms with Crippen LogP contribution in [0.2, 0.25) is 5.02 Å². The summed E-state index contributed by atoms with van der Waals surface area (Å²) in [6, 6.07) is 7.39. The van der Waals surface area contributed by atoms with E-state index >= 15 is 0 Å². The Labute approximate surface area is 184 Å². The molecule has 156 valence electrons. The van der Waals surface area contributed by atoms with E-state index < -0.39 is 0 Å². The summed E-state index contributed by atoms with van der Waals surface area (Å²) >= 11 is 8.19. The largest absolute Gasteiger partial charge is 0.360 e. The molecule has 0 atom stereocenters. The van der Waals surface area contributed by atoms with Gasteiger partial charge in [-0.25, -0.2) is 4.98 Å². The molecule has 1 aliphatic heterocycles. The van der Waals surface area contributed by atoms with Gasteiger partial charge in [-0.05, 0) is 32.3 Å². The molecule has 0 saturated carbocycles. The first-order valence-electron chi connectivity index (χ1n) is 10.3. The average Bonchev–Trinajstić information content (AvgIpc) is 3.43. The summed E-state index contributed by atoms with van der Waals surface area (Å²) < 4.78 is 5.37. The number of benzene rings is 1. The third-order valence-electron chi connectivity index (χ3n) is 5.86. The lowest BCUT2D eigenvalue weighted by Crippen LogP contribution is -2.48. The van der Waals surface area contributed by atoms with Crippen molar-refractivity contribution in [2.45, 2.75) is 32.7 Å². The van der Waals surface area contributed by atoms with Crippen molar-refractivity contribution in [2.24, 2.45) is 0 Å². The van der Waals surface area contributed by atoms with E-state index in [9.17, 15) is 4.79 Å². The van der Waals surface area contributed by atoms with Gasteiger partial charge < -0.3 is 9.42 Å². The first-order chi connectivity index (χ1) is 14.6. The first-order valence-corrected chi connectivity index (χ1v) is 11.5. The molecule has 30 heavy (non-hydrogen) atoms. The molecule has 2 aromatic heterocycles. The second-order valence-corrected chi connectivity index (χ2v) is 9.42. The maximum atomic E-state index is 13.3. The standard InChI is InChI=1S/C22H23ClN4O2S/c1-14-20(21(25-29-14)15-5-2-3-6-16(15)23)22(28)27-11-9-26(10-12-27)13-19-24-17-7-4-8-18(17)30-19/h2-3,5-6H,4,7-13H2,1H3. The minimum Gasteiger partial charge on any atom is -0.360 e. The molecule has 5 rings (SSSR count). The Morgan fingerprint density at radius 2 is 2.00 bits per heavy atom. The number of carbonyl (C=O) groups excluding carboxylic acids is 1. The second-order valence-electron chi connectivity index (χ2n) is 7.84. The molecule has 1 aromatic carbocycles. The van der Waals surface area contributed by atoms with Gasteiger partial charge >= 0.3 is 0 Å². The summed E-state index contributed by atoms with van der Waals surface area (Å²) in [5.41, 5.74) is 3.05. The highest BCUT2D eigenvalue weighted by Gasteiger charge is 2.29. The molecule has 0 spiro atoms. The van der Waals surface area contributed by atoms with Gasteiger partial charge in [0.15, 0.2) is 0 Å². The molecule has 0 unspecified atom stereocenters. The Balaban J connectivity index is 1.27. The van der Waals surface area contributed by atoms with Gasteiger partial charge in [0.25, 0.3) is 5.91 Å². The predicted molar refractivity (Wildman–Crippen MR) is 117 cm³/mol. The highest BCUT2D eigenvalue weighted by molar-refractivity contribution is 7.11. The topological polar surface area (TPSA) is 62.5 Å². The lowest BCUT2D eigenvalue weighted by atomic mass is 10.0. The molecule has 2 aliphatic rings. The maximum Gasteiger partial charge on any atom is 0.259 e. The van der Waals surface area contributed by atoms with Crippen molar-refractivity contribution < 1.29 is 9.32 Å². The lowest BCUT2D eigenvalue weighted by Gasteiger charge is -2.34. The van der Waals surface area contributed by atoms with Crippen LogP contribution in [-0.4, -0.2) is 52.0 Å². The van der Waals surface area contributed by atoms with Crippen LogP contribution in [0.3, 0.4) is 0 Å². The van der Waals surface area contributed by atoms with Crippen LogP contribution in [0.25, 0.3) is 11.3 Å². The summed E-state index contributed by atoms with van der Waals surface area (Å²) in [4.78, 5) is 23.8. The van der Waals surface area contributed by atoms with Crippen LogP contribution in [0.1, 0.15) is 38.1 Å². The molecule has 0 N–H and O–H groups in total. The number of thiazole rings is 1. The molecule has 8 heteroatoms. The maximum absolute atomic E-state index is 13.3. The number of amides is 1. The van der Waals surface area contributed by atoms with Crippen molar-refractivity contribution >= 4 is 28.8 Å². The van der Waals surface area contributed by atoms with Gasteiger partial charge in [-0.1, -0.05) is 35.0 Å². The van der Waals surface area contributed by atoms with Gasteiger partial charge in [0, 0.05) is 36.6 Å². The van der Waals surface area contributed by atoms with Crippen molar-refractivity contribution in [2.75, 3.05) is 26.2 Å². The summed E-state index contributed by atoms with van der Waals surface area (Å²) in [5.74, 6) is 0.478. The van der Waals surface area contributed by atoms with Crippen LogP contribution in [0.4, 0.5) is 0 Å². The minimum atomic E-state index is -0.0449. The van der Waals surface area contributed by atoms with Crippen LogP contribution in [-0.2, 0) is 19.4 Å². The summed E-state index contributed by atoms with van der Waals surface area (Å²) in [7, 11) is 0. The normalized spacial score (nSPS) is 16.8. The van der Waals surface area contributed by atoms with Gasteiger partial charge in [-0.3, -0.25) is 9.69 Å². The van der Waals surface area contributed by atoms with Crippen LogP contribution >= 0.6 is 22.9 Å². The Kier molecular flexibility index (Phi) is 5.35. The third-order valence-corrected chi connectivity index (χ3v) is 7.34. The highest BCUT2D eigenvalue weighted by Crippen LogP contribution is 2.32. The molecule has 1 amide bonds. The van der Waals surface area contributed by atoms with Crippen molar-refractivity contribution in [1.82, 2.24) is 19.9 Å². The Bertz CT molecular complexity index is 1060. The third kappa shape index (κ3) is 3.66. The van der Waals surface area contributed by atoms with Crippen molar-refractivity contribution in [3.63, 3.8) is 0 Å². The van der Waals surface area contributed by atoms with E-state index in [2.05, 4.69) is 10.1 Å². The van der Waals surface area contributed by atoms with E-state index in [1.807, 2.05) is 34.4 Å². The first kappa shape index (κ1) is 19.7. The molecule has 1 aliphatic carbocycles. The van der Waals surface area contributed by atoms with Crippen LogP contribution in [0.5, 0.6) is 0 Å². The zero-order valence-corrected chi connectivity index (χ0v) is 18.4. The molecule has 3 heterocycles. The van der Waals surface area contributed by atoms with E-state index in [0.29, 0.717) is 35.1 Å². The number of aryl methyl sites for hydroxylation is 3. The number of fused-ring (bicyclic) bond motifs is 1. The van der Waals surface area contributed by atoms with Crippen molar-refractivity contribution in [1.29, 1.82) is 0 Å². The summed E-state index contributed by atoms with van der Waals surface area (Å²) in [6.45, 7) is 5.67. The zero-order valence-electron chi connectivity index (χ0n) is 16.9. The lowest BCUT2D eigenvalue weighted by molar-refractivity contribution is 0.0627. The zero-order chi connectivity index (χ0) is 20.7. The summed E-state index contributed by atoms with van der Waals surface area (Å²) in [6.07, 6.45) is 3.55. The molecule has 6 nitrogen and oxygen atoms in total. The predicted octanol–water partition coefficient (Wildman–Crippen LogP) is 4.21. The average molecular weight is 443 g/mol. The van der Waals surface area contributed by atoms with E-state index in [0.717, 1.165) is 31.6 Å². The van der Waals surface area contributed by atoms with Gasteiger partial charge in [-0.15, -0.1) is 11.3 Å². The number of halogens is 1. The summed E-state index contributed by atoms with van der Waals surface area (Å²) in [5, 5.41) is 5.89. The van der Waals surface area contributed by atoms with Gasteiger partial charge in [-0.2, -0.15) is 0 Å². The Morgan fingerprint density at radius 1 is 1.20 bits per heavy atom. The van der Waals surface area contributed by atoms with Gasteiger partial charge in [0.05, 0.1) is 17.3 Å². The monoisotopic (exact) mass is 442 g/mol. The number of rotatable bonds is 4. The van der Waals surface area contributed by atoms with Crippen molar-refractivity contribution in [3.8, 4) is 11.3 Å². The van der Waals surface area contributed by atoms with Gasteiger partial charge in [0.1, 0.15) is 22.0 Å². The van der Waals surface area contributed by atoms with Crippen molar-refractivity contribution in [3.05, 3.63) is 56.2 Å². The van der Waals surface area contributed by atoms with E-state index in [4.69, 9.17) is 21.1 Å². The molecular weight excluding hydrogens is 420 g/mol. The Morgan fingerprint density at radius 3 is 2.77 bits per heavy atom. The fourth-order valence-corrected chi connectivity index (χ4v) is 5.66. The molecule has 1 saturated heterocycles. The number of hydrogen-bond acceptors (Lipinski definition) is 6. The van der Waals surface area contributed by atoms with Crippen LogP contribution in [0.15, 0.2) is 28.8 Å². The SMILES string of the molecule is Cc1onc(-c2ccccc2Cl)c1C(=O)N1CCN(Cc2nc3c(s2)CCC3)CC1. The van der Waals surface area contributed by atoms with E-state index in [1.54, 1.807) is 13.0 Å².